The average Bonchev–Trinajstić information content (AvgIpc) is 2.69. The lowest BCUT2D eigenvalue weighted by atomic mass is 10.2. The van der Waals surface area contributed by atoms with Crippen LogP contribution in [0.25, 0.3) is 0 Å². The number of carbonyl (C=O) groups excluding carboxylic acids is 2. The molecule has 0 aliphatic rings. The first-order valence-electron chi connectivity index (χ1n) is 7.45. The first-order valence-corrected chi connectivity index (χ1v) is 9.04. The van der Waals surface area contributed by atoms with Gasteiger partial charge in [0.15, 0.2) is 5.57 Å². The topological polar surface area (TPSA) is 118 Å². The minimum absolute atomic E-state index is 0.103. The highest BCUT2D eigenvalue weighted by molar-refractivity contribution is 8.22. The van der Waals surface area contributed by atoms with Crippen LogP contribution in [0.2, 0.25) is 0 Å². The summed E-state index contributed by atoms with van der Waals surface area (Å²) >= 11 is 0. The molecule has 0 radical (unpaired) electrons. The number of nitriles is 2. The predicted octanol–water partition coefficient (Wildman–Crippen LogP) is 4.09. The fraction of sp³-hybridized carbons (Fsp3) is 0.0526. The van der Waals surface area contributed by atoms with Crippen LogP contribution in [0, 0.1) is 27.4 Å². The maximum Gasteiger partial charge on any atom is 0.246 e. The van der Waals surface area contributed by atoms with Crippen LogP contribution < -0.4 is 0 Å². The number of carbonyl (C=O) groups is 2. The third-order valence-corrected chi connectivity index (χ3v) is 5.51. The highest BCUT2D eigenvalue weighted by atomic mass is 32.2. The van der Waals surface area contributed by atoms with Crippen molar-refractivity contribution in [2.75, 3.05) is 0 Å². The number of hydrogen-bond acceptors (Lipinski definition) is 6. The monoisotopic (exact) mass is 362 g/mol. The van der Waals surface area contributed by atoms with E-state index in [9.17, 15) is 9.59 Å². The zero-order valence-electron chi connectivity index (χ0n) is 13.8. The van der Waals surface area contributed by atoms with Crippen molar-refractivity contribution in [1.29, 1.82) is 15.3 Å². The summed E-state index contributed by atoms with van der Waals surface area (Å²) in [6.45, 7) is 1.34. The molecule has 2 rings (SSSR count). The lowest BCUT2D eigenvalue weighted by Crippen LogP contribution is -2.23. The van der Waals surface area contributed by atoms with Crippen molar-refractivity contribution in [3.63, 3.8) is 0 Å². The molecule has 0 aliphatic heterocycles. The predicted molar refractivity (Wildman–Crippen MR) is 98.0 cm³/mol. The second-order valence-corrected chi connectivity index (χ2v) is 7.25. The Morgan fingerprint density at radius 3 is 1.62 bits per heavy atom. The third kappa shape index (κ3) is 3.75. The molecule has 0 aliphatic carbocycles. The highest BCUT2D eigenvalue weighted by Crippen LogP contribution is 2.20. The molecule has 0 amide bonds. The molecule has 0 saturated carbocycles. The van der Waals surface area contributed by atoms with Crippen molar-refractivity contribution in [3.05, 3.63) is 83.1 Å². The second-order valence-electron chi connectivity index (χ2n) is 5.16. The third-order valence-electron chi connectivity index (χ3n) is 3.41. The smallest absolute Gasteiger partial charge is 0.246 e. The summed E-state index contributed by atoms with van der Waals surface area (Å²) in [6.07, 6.45) is 0. The van der Waals surface area contributed by atoms with Crippen molar-refractivity contribution in [2.24, 2.45) is 4.36 Å². The summed E-state index contributed by atoms with van der Waals surface area (Å²) in [5.41, 5.74) is -0.0907. The normalized spacial score (nSPS) is 10.1. The van der Waals surface area contributed by atoms with Crippen molar-refractivity contribution in [2.45, 2.75) is 6.92 Å². The van der Waals surface area contributed by atoms with Gasteiger partial charge < -0.3 is 0 Å². The summed E-state index contributed by atoms with van der Waals surface area (Å²) < 4.78 is 12.6. The fourth-order valence-corrected chi connectivity index (χ4v) is 3.89. The molecule has 128 valence electrons. The van der Waals surface area contributed by atoms with Crippen LogP contribution in [-0.2, 0) is 9.62 Å². The Labute approximate surface area is 151 Å². The standard InChI is InChI=1S/C19H14N4O2S/c1-14(17(12-20)13-21)23-26(22,18(24)15-8-4-2-5-9-15)19(25)16-10-6-3-7-11-16/h2-11,22H,1H3. The van der Waals surface area contributed by atoms with Gasteiger partial charge in [0.2, 0.25) is 10.2 Å². The molecule has 7 heteroatoms. The van der Waals surface area contributed by atoms with Gasteiger partial charge in [-0.2, -0.15) is 10.5 Å². The molecular formula is C19H14N4O2S. The van der Waals surface area contributed by atoms with Gasteiger partial charge in [-0.15, -0.1) is 0 Å². The van der Waals surface area contributed by atoms with Crippen molar-refractivity contribution >= 4 is 19.9 Å². The van der Waals surface area contributed by atoms with Gasteiger partial charge in [-0.1, -0.05) is 60.7 Å². The van der Waals surface area contributed by atoms with Crippen molar-refractivity contribution in [3.8, 4) is 12.1 Å². The van der Waals surface area contributed by atoms with E-state index in [1.54, 1.807) is 48.5 Å². The Morgan fingerprint density at radius 1 is 0.885 bits per heavy atom. The van der Waals surface area contributed by atoms with Gasteiger partial charge in [0.25, 0.3) is 0 Å². The Balaban J connectivity index is 2.75. The minimum Gasteiger partial charge on any atom is -0.279 e. The van der Waals surface area contributed by atoms with Gasteiger partial charge >= 0.3 is 0 Å². The van der Waals surface area contributed by atoms with E-state index in [0.717, 1.165) is 0 Å². The van der Waals surface area contributed by atoms with Crippen LogP contribution in [0.4, 0.5) is 0 Å². The maximum absolute atomic E-state index is 13.0. The first-order chi connectivity index (χ1) is 12.4. The van der Waals surface area contributed by atoms with Gasteiger partial charge in [0.1, 0.15) is 12.1 Å². The summed E-state index contributed by atoms with van der Waals surface area (Å²) in [4.78, 5) is 25.9. The van der Waals surface area contributed by atoms with Crippen molar-refractivity contribution in [1.82, 2.24) is 0 Å². The summed E-state index contributed by atoms with van der Waals surface area (Å²) in [5.74, 6) is 0. The molecule has 0 saturated heterocycles. The maximum atomic E-state index is 13.0. The number of nitrogens with one attached hydrogen (secondary N) is 1. The van der Waals surface area contributed by atoms with Gasteiger partial charge in [-0.05, 0) is 6.92 Å². The van der Waals surface area contributed by atoms with Gasteiger partial charge in [-0.3, -0.25) is 14.4 Å². The summed E-state index contributed by atoms with van der Waals surface area (Å²) in [5, 5.41) is 16.5. The largest absolute Gasteiger partial charge is 0.279 e. The lowest BCUT2D eigenvalue weighted by Gasteiger charge is -2.12. The zero-order chi connectivity index (χ0) is 19.2. The molecule has 0 aromatic heterocycles. The quantitative estimate of drug-likeness (QED) is 0.827. The first kappa shape index (κ1) is 18.8. The van der Waals surface area contributed by atoms with E-state index in [2.05, 4.69) is 4.36 Å². The Morgan fingerprint density at radius 2 is 1.27 bits per heavy atom. The summed E-state index contributed by atoms with van der Waals surface area (Å²) in [6, 6.07) is 19.2. The van der Waals surface area contributed by atoms with Crippen LogP contribution in [0.3, 0.4) is 0 Å². The van der Waals surface area contributed by atoms with Gasteiger partial charge in [0.05, 0.1) is 15.3 Å². The van der Waals surface area contributed by atoms with Gasteiger partial charge in [-0.25, -0.2) is 4.36 Å². The Kier molecular flexibility index (Phi) is 5.79. The molecule has 2 aromatic rings. The molecule has 1 N–H and O–H groups in total. The Bertz CT molecular complexity index is 1010. The zero-order valence-corrected chi connectivity index (χ0v) is 14.7. The van der Waals surface area contributed by atoms with E-state index in [0.29, 0.717) is 0 Å². The van der Waals surface area contributed by atoms with E-state index in [4.69, 9.17) is 15.3 Å². The molecule has 0 atom stereocenters. The lowest BCUT2D eigenvalue weighted by molar-refractivity contribution is 0.105. The Hall–Kier alpha value is -3.55. The van der Waals surface area contributed by atoms with Gasteiger partial charge in [0, 0.05) is 11.1 Å². The molecule has 0 unspecified atom stereocenters. The molecule has 0 heterocycles. The molecule has 0 bridgehead atoms. The molecular weight excluding hydrogens is 348 g/mol. The highest BCUT2D eigenvalue weighted by Gasteiger charge is 2.28. The van der Waals surface area contributed by atoms with Crippen LogP contribution in [0.15, 0.2) is 76.3 Å². The minimum atomic E-state index is -3.63. The second kappa shape index (κ2) is 8.02. The van der Waals surface area contributed by atoms with E-state index in [1.807, 2.05) is 0 Å². The van der Waals surface area contributed by atoms with Crippen LogP contribution in [0.5, 0.6) is 0 Å². The van der Waals surface area contributed by atoms with E-state index in [-0.39, 0.29) is 22.4 Å². The number of hydrogen-bond donors (Lipinski definition) is 1. The molecule has 0 spiro atoms. The molecule has 2 aromatic carbocycles. The van der Waals surface area contributed by atoms with Crippen LogP contribution >= 0.6 is 0 Å². The van der Waals surface area contributed by atoms with E-state index < -0.39 is 19.9 Å². The molecule has 6 nitrogen and oxygen atoms in total. The SMILES string of the molecule is CC(N=S(=N)(C(=O)c1ccccc1)C(=O)c1ccccc1)=C(C#N)C#N. The van der Waals surface area contributed by atoms with Crippen LogP contribution in [-0.4, -0.2) is 10.2 Å². The van der Waals surface area contributed by atoms with E-state index >= 15 is 0 Å². The number of allylic oxidation sites excluding steroid dienone is 2. The van der Waals surface area contributed by atoms with Crippen LogP contribution in [0.1, 0.15) is 27.6 Å². The van der Waals surface area contributed by atoms with Crippen molar-refractivity contribution < 1.29 is 9.59 Å². The molecule has 26 heavy (non-hydrogen) atoms. The number of benzene rings is 2. The average molecular weight is 362 g/mol. The summed E-state index contributed by atoms with van der Waals surface area (Å²) in [7, 11) is -3.63. The van der Waals surface area contributed by atoms with E-state index in [1.165, 1.54) is 31.2 Å². The molecule has 0 fully saturated rings. The number of nitrogens with zero attached hydrogens (tertiary/aromatic N) is 3. The fourth-order valence-electron chi connectivity index (χ4n) is 2.09. The number of rotatable bonds is 3.